The van der Waals surface area contributed by atoms with Gasteiger partial charge in [0, 0.05) is 6.92 Å². The molecular weight excluding hydrogens is 343 g/mol. The molecule has 0 aliphatic carbocycles. The molecule has 0 saturated carbocycles. The molecule has 0 unspecified atom stereocenters. The van der Waals surface area contributed by atoms with Crippen molar-refractivity contribution in [2.75, 3.05) is 0 Å². The first kappa shape index (κ1) is 15.8. The van der Waals surface area contributed by atoms with E-state index in [4.69, 9.17) is 9.90 Å². The van der Waals surface area contributed by atoms with Gasteiger partial charge in [0.15, 0.2) is 0 Å². The molecule has 0 aliphatic heterocycles. The van der Waals surface area contributed by atoms with E-state index in [1.54, 1.807) is 0 Å². The van der Waals surface area contributed by atoms with Crippen LogP contribution in [0.15, 0.2) is 60.7 Å². The SMILES string of the molecule is CC(=O)O.c1ccc([CH2][Sn][CH2]c2ccccc2)cc1. The van der Waals surface area contributed by atoms with E-state index in [9.17, 15) is 0 Å². The van der Waals surface area contributed by atoms with Crippen molar-refractivity contribution in [1.82, 2.24) is 0 Å². The molecule has 19 heavy (non-hydrogen) atoms. The van der Waals surface area contributed by atoms with E-state index in [0.29, 0.717) is 0 Å². The first-order valence-corrected chi connectivity index (χ1v) is 10.2. The molecule has 2 aromatic carbocycles. The van der Waals surface area contributed by atoms with Crippen molar-refractivity contribution in [3.8, 4) is 0 Å². The fraction of sp³-hybridized carbons (Fsp3) is 0.188. The van der Waals surface area contributed by atoms with Gasteiger partial charge in [-0.05, 0) is 0 Å². The predicted molar refractivity (Wildman–Crippen MR) is 79.4 cm³/mol. The number of rotatable bonds is 4. The Morgan fingerprint density at radius 2 is 1.21 bits per heavy atom. The van der Waals surface area contributed by atoms with Gasteiger partial charge in [0.2, 0.25) is 0 Å². The van der Waals surface area contributed by atoms with Gasteiger partial charge >= 0.3 is 102 Å². The molecule has 0 spiro atoms. The average Bonchev–Trinajstić information content (AvgIpc) is 2.41. The van der Waals surface area contributed by atoms with Crippen LogP contribution in [0, 0.1) is 0 Å². The number of hydrogen-bond donors (Lipinski definition) is 1. The van der Waals surface area contributed by atoms with E-state index in [2.05, 4.69) is 60.7 Å². The van der Waals surface area contributed by atoms with Crippen molar-refractivity contribution in [3.05, 3.63) is 71.8 Å². The molecule has 0 atom stereocenters. The summed E-state index contributed by atoms with van der Waals surface area (Å²) in [4.78, 5) is 9.00. The number of benzene rings is 2. The van der Waals surface area contributed by atoms with Crippen LogP contribution in [-0.2, 0) is 13.7 Å². The maximum atomic E-state index is 9.00. The third-order valence-corrected chi connectivity index (χ3v) is 6.10. The molecule has 2 aromatic rings. The Kier molecular flexibility index (Phi) is 7.98. The van der Waals surface area contributed by atoms with Gasteiger partial charge in [0.25, 0.3) is 5.97 Å². The van der Waals surface area contributed by atoms with E-state index in [0.717, 1.165) is 6.92 Å². The Bertz CT molecular complexity index is 425. The van der Waals surface area contributed by atoms with Crippen LogP contribution < -0.4 is 0 Å². The second-order valence-corrected chi connectivity index (χ2v) is 7.54. The number of carbonyl (C=O) groups is 1. The van der Waals surface area contributed by atoms with Gasteiger partial charge in [0.1, 0.15) is 0 Å². The zero-order chi connectivity index (χ0) is 13.9. The first-order valence-electron chi connectivity index (χ1n) is 6.16. The summed E-state index contributed by atoms with van der Waals surface area (Å²) in [5.41, 5.74) is 3.03. The van der Waals surface area contributed by atoms with Crippen LogP contribution in [0.4, 0.5) is 0 Å². The van der Waals surface area contributed by atoms with Crippen molar-refractivity contribution in [2.45, 2.75) is 15.8 Å². The predicted octanol–water partition coefficient (Wildman–Crippen LogP) is 3.18. The van der Waals surface area contributed by atoms with Crippen LogP contribution in [0.3, 0.4) is 0 Å². The minimum atomic E-state index is -0.833. The quantitative estimate of drug-likeness (QED) is 0.850. The summed E-state index contributed by atoms with van der Waals surface area (Å²) in [6.07, 6.45) is 0. The third kappa shape index (κ3) is 8.43. The fourth-order valence-corrected chi connectivity index (χ4v) is 4.89. The summed E-state index contributed by atoms with van der Waals surface area (Å²) < 4.78 is 2.69. The number of carboxylic acids is 1. The Labute approximate surface area is 124 Å². The summed E-state index contributed by atoms with van der Waals surface area (Å²) >= 11 is -0.258. The van der Waals surface area contributed by atoms with Crippen molar-refractivity contribution >= 4 is 27.1 Å². The summed E-state index contributed by atoms with van der Waals surface area (Å²) in [6.45, 7) is 1.08. The number of hydrogen-bond acceptors (Lipinski definition) is 1. The van der Waals surface area contributed by atoms with Gasteiger partial charge in [-0.2, -0.15) is 0 Å². The van der Waals surface area contributed by atoms with Crippen LogP contribution in [0.25, 0.3) is 0 Å². The molecule has 0 aliphatic rings. The molecular formula is C16H18O2Sn. The van der Waals surface area contributed by atoms with Gasteiger partial charge in [0.05, 0.1) is 0 Å². The topological polar surface area (TPSA) is 37.3 Å². The van der Waals surface area contributed by atoms with Crippen LogP contribution in [-0.4, -0.2) is 32.2 Å². The Morgan fingerprint density at radius 3 is 1.53 bits per heavy atom. The molecule has 2 nitrogen and oxygen atoms in total. The number of aliphatic carboxylic acids is 1. The van der Waals surface area contributed by atoms with Gasteiger partial charge in [-0.1, -0.05) is 0 Å². The molecule has 2 radical (unpaired) electrons. The minimum absolute atomic E-state index is 0.258. The van der Waals surface area contributed by atoms with Crippen LogP contribution in [0.1, 0.15) is 18.1 Å². The van der Waals surface area contributed by atoms with E-state index >= 15 is 0 Å². The molecule has 0 amide bonds. The third-order valence-electron chi connectivity index (χ3n) is 2.34. The Morgan fingerprint density at radius 1 is 0.895 bits per heavy atom. The number of carboxylic acid groups (broad SMARTS) is 1. The average molecular weight is 361 g/mol. The summed E-state index contributed by atoms with van der Waals surface area (Å²) in [7, 11) is 0. The van der Waals surface area contributed by atoms with Crippen LogP contribution >= 0.6 is 0 Å². The van der Waals surface area contributed by atoms with Gasteiger partial charge in [-0.25, -0.2) is 0 Å². The maximum absolute atomic E-state index is 9.00. The van der Waals surface area contributed by atoms with E-state index in [1.807, 2.05) is 0 Å². The zero-order valence-corrected chi connectivity index (χ0v) is 13.9. The normalized spacial score (nSPS) is 9.32. The standard InChI is InChI=1S/2C7H7.C2H4O2.Sn/c2*1-7-5-3-2-4-6-7;1-2(3)4;/h2*2-6H,1H2;1H3,(H,3,4);. The molecule has 3 heteroatoms. The molecule has 0 fully saturated rings. The Balaban J connectivity index is 0.000000399. The second kappa shape index (κ2) is 9.61. The van der Waals surface area contributed by atoms with Crippen molar-refractivity contribution in [2.24, 2.45) is 0 Å². The molecule has 0 heterocycles. The van der Waals surface area contributed by atoms with E-state index in [1.165, 1.54) is 20.0 Å². The zero-order valence-electron chi connectivity index (χ0n) is 11.0. The van der Waals surface area contributed by atoms with Gasteiger partial charge in [-0.15, -0.1) is 0 Å². The van der Waals surface area contributed by atoms with Crippen LogP contribution in [0.2, 0.25) is 0 Å². The molecule has 0 saturated heterocycles. The first-order chi connectivity index (χ1) is 9.18. The molecule has 98 valence electrons. The van der Waals surface area contributed by atoms with Crippen molar-refractivity contribution < 1.29 is 9.90 Å². The summed E-state index contributed by atoms with van der Waals surface area (Å²) in [5, 5.41) is 7.42. The summed E-state index contributed by atoms with van der Waals surface area (Å²) in [6, 6.07) is 21.7. The monoisotopic (exact) mass is 362 g/mol. The van der Waals surface area contributed by atoms with Crippen LogP contribution in [0.5, 0.6) is 0 Å². The second-order valence-electron chi connectivity index (χ2n) is 4.09. The van der Waals surface area contributed by atoms with E-state index in [-0.39, 0.29) is 21.1 Å². The molecule has 0 bridgehead atoms. The van der Waals surface area contributed by atoms with Gasteiger partial charge < -0.3 is 5.11 Å². The molecule has 2 rings (SSSR count). The fourth-order valence-electron chi connectivity index (χ4n) is 1.54. The van der Waals surface area contributed by atoms with Crippen molar-refractivity contribution in [1.29, 1.82) is 0 Å². The summed E-state index contributed by atoms with van der Waals surface area (Å²) in [5.74, 6) is -0.833. The van der Waals surface area contributed by atoms with Crippen molar-refractivity contribution in [3.63, 3.8) is 0 Å². The molecule has 0 aromatic heterocycles. The van der Waals surface area contributed by atoms with Gasteiger partial charge in [-0.3, -0.25) is 4.79 Å². The van der Waals surface area contributed by atoms with E-state index < -0.39 is 5.97 Å². The Hall–Kier alpha value is -1.29. The molecule has 1 N–H and O–H groups in total.